The van der Waals surface area contributed by atoms with Gasteiger partial charge in [0.15, 0.2) is 0 Å². The van der Waals surface area contributed by atoms with E-state index >= 15 is 0 Å². The summed E-state index contributed by atoms with van der Waals surface area (Å²) < 4.78 is 0. The van der Waals surface area contributed by atoms with Gasteiger partial charge in [-0.2, -0.15) is 0 Å². The number of benzene rings is 2. The Hall–Kier alpha value is -1.64. The van der Waals surface area contributed by atoms with Crippen LogP contribution in [0.2, 0.25) is 0 Å². The maximum atomic E-state index is 5.75. The zero-order valence-corrected chi connectivity index (χ0v) is 11.9. The minimum atomic E-state index is 0.152. The van der Waals surface area contributed by atoms with E-state index in [1.165, 1.54) is 27.8 Å². The number of aryl methyl sites for hydroxylation is 3. The van der Waals surface area contributed by atoms with Crippen molar-refractivity contribution in [3.05, 3.63) is 70.3 Å². The minimum Gasteiger partial charge on any atom is -0.271 e. The zero-order valence-electron chi connectivity index (χ0n) is 11.9. The average molecular weight is 254 g/mol. The SMILES string of the molecule is Cc1cccc(C(Cc2c(C)cccc2C)NN)c1. The first kappa shape index (κ1) is 13.8. The van der Waals surface area contributed by atoms with Gasteiger partial charge < -0.3 is 0 Å². The van der Waals surface area contributed by atoms with Gasteiger partial charge in [-0.1, -0.05) is 48.0 Å². The van der Waals surface area contributed by atoms with Crippen molar-refractivity contribution in [2.45, 2.75) is 33.2 Å². The van der Waals surface area contributed by atoms with Crippen molar-refractivity contribution in [2.75, 3.05) is 0 Å². The summed E-state index contributed by atoms with van der Waals surface area (Å²) in [6, 6.07) is 15.1. The normalized spacial score (nSPS) is 12.4. The average Bonchev–Trinajstić information content (AvgIpc) is 2.38. The fourth-order valence-corrected chi connectivity index (χ4v) is 2.53. The third-order valence-electron chi connectivity index (χ3n) is 3.70. The third-order valence-corrected chi connectivity index (χ3v) is 3.70. The van der Waals surface area contributed by atoms with E-state index < -0.39 is 0 Å². The molecule has 1 unspecified atom stereocenters. The van der Waals surface area contributed by atoms with Crippen LogP contribution in [0.3, 0.4) is 0 Å². The molecule has 3 N–H and O–H groups in total. The Balaban J connectivity index is 2.29. The monoisotopic (exact) mass is 254 g/mol. The first-order chi connectivity index (χ1) is 9.11. The van der Waals surface area contributed by atoms with Gasteiger partial charge in [0, 0.05) is 0 Å². The molecular formula is C17H22N2. The summed E-state index contributed by atoms with van der Waals surface area (Å²) in [7, 11) is 0. The van der Waals surface area contributed by atoms with Crippen molar-refractivity contribution in [1.29, 1.82) is 0 Å². The van der Waals surface area contributed by atoms with Gasteiger partial charge in [0.2, 0.25) is 0 Å². The van der Waals surface area contributed by atoms with Gasteiger partial charge in [0.1, 0.15) is 0 Å². The second kappa shape index (κ2) is 6.00. The Kier molecular flexibility index (Phi) is 4.35. The molecule has 0 amide bonds. The van der Waals surface area contributed by atoms with Crippen molar-refractivity contribution < 1.29 is 0 Å². The number of hydrazine groups is 1. The van der Waals surface area contributed by atoms with E-state index in [1.807, 2.05) is 0 Å². The van der Waals surface area contributed by atoms with Gasteiger partial charge >= 0.3 is 0 Å². The van der Waals surface area contributed by atoms with Crippen LogP contribution in [0.15, 0.2) is 42.5 Å². The quantitative estimate of drug-likeness (QED) is 0.648. The van der Waals surface area contributed by atoms with Crippen molar-refractivity contribution in [3.8, 4) is 0 Å². The number of hydrogen-bond donors (Lipinski definition) is 2. The first-order valence-electron chi connectivity index (χ1n) is 6.69. The van der Waals surface area contributed by atoms with E-state index in [9.17, 15) is 0 Å². The van der Waals surface area contributed by atoms with Gasteiger partial charge in [0.05, 0.1) is 6.04 Å². The van der Waals surface area contributed by atoms with Crippen LogP contribution in [0.5, 0.6) is 0 Å². The number of nitrogens with one attached hydrogen (secondary N) is 1. The van der Waals surface area contributed by atoms with Crippen LogP contribution >= 0.6 is 0 Å². The predicted molar refractivity (Wildman–Crippen MR) is 80.9 cm³/mol. The maximum absolute atomic E-state index is 5.75. The molecule has 2 aromatic rings. The molecule has 2 nitrogen and oxygen atoms in total. The van der Waals surface area contributed by atoms with E-state index in [0.717, 1.165) is 6.42 Å². The van der Waals surface area contributed by atoms with Gasteiger partial charge in [0.25, 0.3) is 0 Å². The minimum absolute atomic E-state index is 0.152. The Morgan fingerprint density at radius 2 is 1.63 bits per heavy atom. The predicted octanol–water partition coefficient (Wildman–Crippen LogP) is 3.36. The second-order valence-corrected chi connectivity index (χ2v) is 5.21. The van der Waals surface area contributed by atoms with Crippen LogP contribution < -0.4 is 11.3 Å². The molecule has 19 heavy (non-hydrogen) atoms. The molecule has 0 bridgehead atoms. The molecule has 2 rings (SSSR count). The summed E-state index contributed by atoms with van der Waals surface area (Å²) in [5.41, 5.74) is 9.49. The molecule has 0 heterocycles. The maximum Gasteiger partial charge on any atom is 0.0500 e. The van der Waals surface area contributed by atoms with Crippen LogP contribution in [0.1, 0.15) is 33.9 Å². The van der Waals surface area contributed by atoms with Crippen LogP contribution in [0, 0.1) is 20.8 Å². The highest BCUT2D eigenvalue weighted by Gasteiger charge is 2.13. The van der Waals surface area contributed by atoms with Crippen LogP contribution in [0.4, 0.5) is 0 Å². The van der Waals surface area contributed by atoms with Gasteiger partial charge in [-0.15, -0.1) is 0 Å². The fraction of sp³-hybridized carbons (Fsp3) is 0.294. The van der Waals surface area contributed by atoms with Crippen LogP contribution in [-0.4, -0.2) is 0 Å². The van der Waals surface area contributed by atoms with E-state index in [1.54, 1.807) is 0 Å². The van der Waals surface area contributed by atoms with Crippen molar-refractivity contribution >= 4 is 0 Å². The Morgan fingerprint density at radius 1 is 1.00 bits per heavy atom. The van der Waals surface area contributed by atoms with Gasteiger partial charge in [-0.3, -0.25) is 11.3 Å². The van der Waals surface area contributed by atoms with E-state index in [2.05, 4.69) is 68.7 Å². The highest BCUT2D eigenvalue weighted by Crippen LogP contribution is 2.23. The number of hydrogen-bond acceptors (Lipinski definition) is 2. The molecule has 0 spiro atoms. The molecule has 0 fully saturated rings. The number of nitrogens with two attached hydrogens (primary N) is 1. The highest BCUT2D eigenvalue weighted by molar-refractivity contribution is 5.36. The Bertz CT molecular complexity index is 541. The lowest BCUT2D eigenvalue weighted by atomic mass is 9.93. The molecule has 0 aliphatic heterocycles. The topological polar surface area (TPSA) is 38.0 Å². The number of rotatable bonds is 4. The molecule has 1 atom stereocenters. The Morgan fingerprint density at radius 3 is 2.21 bits per heavy atom. The molecule has 0 saturated carbocycles. The molecule has 0 aromatic heterocycles. The molecular weight excluding hydrogens is 232 g/mol. The Labute approximate surface area is 115 Å². The lowest BCUT2D eigenvalue weighted by Crippen LogP contribution is -2.30. The van der Waals surface area contributed by atoms with Gasteiger partial charge in [-0.25, -0.2) is 0 Å². The fourth-order valence-electron chi connectivity index (χ4n) is 2.53. The standard InChI is InChI=1S/C17H22N2/c1-12-6-4-9-15(10-12)17(19-18)11-16-13(2)7-5-8-14(16)3/h4-10,17,19H,11,18H2,1-3H3. The summed E-state index contributed by atoms with van der Waals surface area (Å²) in [5, 5.41) is 0. The molecule has 100 valence electrons. The molecule has 2 aromatic carbocycles. The summed E-state index contributed by atoms with van der Waals surface area (Å²) in [4.78, 5) is 0. The lowest BCUT2D eigenvalue weighted by Gasteiger charge is -2.19. The molecule has 0 aliphatic carbocycles. The van der Waals surface area contributed by atoms with Crippen molar-refractivity contribution in [1.82, 2.24) is 5.43 Å². The molecule has 2 heteroatoms. The van der Waals surface area contributed by atoms with E-state index in [-0.39, 0.29) is 6.04 Å². The van der Waals surface area contributed by atoms with Crippen molar-refractivity contribution in [3.63, 3.8) is 0 Å². The summed E-state index contributed by atoms with van der Waals surface area (Å²) in [6.45, 7) is 6.43. The summed E-state index contributed by atoms with van der Waals surface area (Å²) >= 11 is 0. The van der Waals surface area contributed by atoms with Crippen LogP contribution in [-0.2, 0) is 6.42 Å². The molecule has 0 radical (unpaired) electrons. The van der Waals surface area contributed by atoms with Crippen molar-refractivity contribution in [2.24, 2.45) is 5.84 Å². The third kappa shape index (κ3) is 3.22. The summed E-state index contributed by atoms with van der Waals surface area (Å²) in [6.07, 6.45) is 0.915. The summed E-state index contributed by atoms with van der Waals surface area (Å²) in [5.74, 6) is 5.75. The largest absolute Gasteiger partial charge is 0.271 e. The second-order valence-electron chi connectivity index (χ2n) is 5.21. The molecule has 0 saturated heterocycles. The smallest absolute Gasteiger partial charge is 0.0500 e. The van der Waals surface area contributed by atoms with E-state index in [4.69, 9.17) is 5.84 Å². The van der Waals surface area contributed by atoms with E-state index in [0.29, 0.717) is 0 Å². The van der Waals surface area contributed by atoms with Crippen LogP contribution in [0.25, 0.3) is 0 Å². The first-order valence-corrected chi connectivity index (χ1v) is 6.69. The van der Waals surface area contributed by atoms with Gasteiger partial charge in [-0.05, 0) is 49.4 Å². The lowest BCUT2D eigenvalue weighted by molar-refractivity contribution is 0.549. The highest BCUT2D eigenvalue weighted by atomic mass is 15.2. The molecule has 0 aliphatic rings. The zero-order chi connectivity index (χ0) is 13.8.